The van der Waals surface area contributed by atoms with E-state index in [9.17, 15) is 14.7 Å². The van der Waals surface area contributed by atoms with Crippen LogP contribution in [-0.4, -0.2) is 40.8 Å². The lowest BCUT2D eigenvalue weighted by Crippen LogP contribution is -2.60. The maximum atomic E-state index is 11.6. The maximum Gasteiger partial charge on any atom is 0.410 e. The van der Waals surface area contributed by atoms with Crippen molar-refractivity contribution in [2.75, 3.05) is 13.2 Å². The lowest BCUT2D eigenvalue weighted by Gasteiger charge is -2.47. The van der Waals surface area contributed by atoms with Crippen LogP contribution in [0.15, 0.2) is 0 Å². The van der Waals surface area contributed by atoms with Crippen molar-refractivity contribution in [3.05, 3.63) is 0 Å². The van der Waals surface area contributed by atoms with Gasteiger partial charge in [0.25, 0.3) is 0 Å². The van der Waals surface area contributed by atoms with Crippen molar-refractivity contribution < 1.29 is 19.4 Å². The molecule has 0 spiro atoms. The van der Waals surface area contributed by atoms with Crippen LogP contribution in [0.2, 0.25) is 0 Å². The van der Waals surface area contributed by atoms with E-state index < -0.39 is 23.0 Å². The standard InChI is InChI=1S/C11H19NO4/c1-10(2,8(13)14)11(3,4)12-6-5-7-16-9(12)15/h5-7H2,1-4H3,(H,13,14). The van der Waals surface area contributed by atoms with E-state index in [4.69, 9.17) is 4.74 Å². The van der Waals surface area contributed by atoms with Crippen molar-refractivity contribution in [2.24, 2.45) is 5.41 Å². The van der Waals surface area contributed by atoms with Gasteiger partial charge < -0.3 is 14.7 Å². The molecule has 1 aliphatic rings. The van der Waals surface area contributed by atoms with Crippen LogP contribution >= 0.6 is 0 Å². The SMILES string of the molecule is CC(C)(C(=O)O)C(C)(C)N1CCCOC1=O. The van der Waals surface area contributed by atoms with Gasteiger partial charge in [-0.05, 0) is 34.1 Å². The number of carboxylic acids is 1. The maximum absolute atomic E-state index is 11.6. The predicted octanol–water partition coefficient (Wildman–Crippen LogP) is 1.72. The van der Waals surface area contributed by atoms with E-state index in [-0.39, 0.29) is 0 Å². The number of carboxylic acid groups (broad SMARTS) is 1. The average Bonchev–Trinajstić information content (AvgIpc) is 2.17. The van der Waals surface area contributed by atoms with Crippen LogP contribution in [0.4, 0.5) is 4.79 Å². The zero-order valence-electron chi connectivity index (χ0n) is 10.2. The van der Waals surface area contributed by atoms with E-state index in [2.05, 4.69) is 0 Å². The van der Waals surface area contributed by atoms with Crippen LogP contribution in [0.3, 0.4) is 0 Å². The van der Waals surface area contributed by atoms with E-state index in [1.54, 1.807) is 27.7 Å². The molecule has 1 N–H and O–H groups in total. The Morgan fingerprint density at radius 1 is 1.38 bits per heavy atom. The Labute approximate surface area is 95.4 Å². The van der Waals surface area contributed by atoms with Gasteiger partial charge in [0.2, 0.25) is 0 Å². The summed E-state index contributed by atoms with van der Waals surface area (Å²) in [5.74, 6) is -0.920. The molecule has 0 atom stereocenters. The third-order valence-electron chi connectivity index (χ3n) is 3.71. The normalized spacial score (nSPS) is 18.2. The third kappa shape index (κ3) is 1.86. The minimum Gasteiger partial charge on any atom is -0.481 e. The van der Waals surface area contributed by atoms with E-state index in [1.165, 1.54) is 4.90 Å². The Bertz CT molecular complexity index is 309. The lowest BCUT2D eigenvalue weighted by molar-refractivity contribution is -0.155. The molecule has 0 radical (unpaired) electrons. The van der Waals surface area contributed by atoms with E-state index in [0.29, 0.717) is 13.2 Å². The summed E-state index contributed by atoms with van der Waals surface area (Å²) in [4.78, 5) is 24.4. The molecule has 0 bridgehead atoms. The fourth-order valence-corrected chi connectivity index (χ4v) is 1.66. The molecule has 0 aromatic carbocycles. The molecule has 16 heavy (non-hydrogen) atoms. The van der Waals surface area contributed by atoms with Gasteiger partial charge in [0.15, 0.2) is 0 Å². The molecule has 1 saturated heterocycles. The monoisotopic (exact) mass is 229 g/mol. The number of aliphatic carboxylic acids is 1. The second-order valence-electron chi connectivity index (χ2n) is 5.11. The number of cyclic esters (lactones) is 1. The summed E-state index contributed by atoms with van der Waals surface area (Å²) in [7, 11) is 0. The number of rotatable bonds is 3. The number of nitrogens with zero attached hydrogens (tertiary/aromatic N) is 1. The van der Waals surface area contributed by atoms with Crippen molar-refractivity contribution in [3.63, 3.8) is 0 Å². The number of carbonyl (C=O) groups is 2. The van der Waals surface area contributed by atoms with E-state index in [0.717, 1.165) is 6.42 Å². The highest BCUT2D eigenvalue weighted by molar-refractivity contribution is 5.78. The molecular weight excluding hydrogens is 210 g/mol. The van der Waals surface area contributed by atoms with Gasteiger partial charge in [-0.1, -0.05) is 0 Å². The van der Waals surface area contributed by atoms with Crippen molar-refractivity contribution in [1.82, 2.24) is 4.90 Å². The molecule has 5 heteroatoms. The summed E-state index contributed by atoms with van der Waals surface area (Å²) >= 11 is 0. The first-order valence-electron chi connectivity index (χ1n) is 5.39. The van der Waals surface area contributed by atoms with Crippen LogP contribution in [-0.2, 0) is 9.53 Å². The summed E-state index contributed by atoms with van der Waals surface area (Å²) < 4.78 is 4.95. The highest BCUT2D eigenvalue weighted by Crippen LogP contribution is 2.37. The first-order chi connectivity index (χ1) is 7.21. The van der Waals surface area contributed by atoms with Gasteiger partial charge in [-0.2, -0.15) is 0 Å². The first kappa shape index (κ1) is 12.8. The van der Waals surface area contributed by atoms with Crippen LogP contribution in [0.25, 0.3) is 0 Å². The van der Waals surface area contributed by atoms with E-state index >= 15 is 0 Å². The third-order valence-corrected chi connectivity index (χ3v) is 3.71. The Morgan fingerprint density at radius 2 is 1.94 bits per heavy atom. The second-order valence-corrected chi connectivity index (χ2v) is 5.11. The quantitative estimate of drug-likeness (QED) is 0.800. The largest absolute Gasteiger partial charge is 0.481 e. The number of ether oxygens (including phenoxy) is 1. The summed E-state index contributed by atoms with van der Waals surface area (Å²) in [6.45, 7) is 7.72. The van der Waals surface area contributed by atoms with E-state index in [1.807, 2.05) is 0 Å². The van der Waals surface area contributed by atoms with Gasteiger partial charge in [-0.25, -0.2) is 4.79 Å². The minimum atomic E-state index is -1.02. The number of hydrogen-bond donors (Lipinski definition) is 1. The van der Waals surface area contributed by atoms with Crippen molar-refractivity contribution in [2.45, 2.75) is 39.7 Å². The van der Waals surface area contributed by atoms with Crippen LogP contribution < -0.4 is 0 Å². The molecule has 1 heterocycles. The van der Waals surface area contributed by atoms with Crippen LogP contribution in [0, 0.1) is 5.41 Å². The van der Waals surface area contributed by atoms with Gasteiger partial charge in [-0.3, -0.25) is 4.79 Å². The van der Waals surface area contributed by atoms with Gasteiger partial charge in [0, 0.05) is 6.54 Å². The summed E-state index contributed by atoms with van der Waals surface area (Å²) in [5, 5.41) is 9.22. The Balaban J connectivity index is 2.99. The summed E-state index contributed by atoms with van der Waals surface area (Å²) in [6.07, 6.45) is 0.316. The fraction of sp³-hybridized carbons (Fsp3) is 0.818. The van der Waals surface area contributed by atoms with Crippen LogP contribution in [0.5, 0.6) is 0 Å². The molecule has 1 fully saturated rings. The predicted molar refractivity (Wildman–Crippen MR) is 58.2 cm³/mol. The van der Waals surface area contributed by atoms with Gasteiger partial charge >= 0.3 is 12.1 Å². The molecule has 1 aliphatic heterocycles. The highest BCUT2D eigenvalue weighted by atomic mass is 16.6. The Hall–Kier alpha value is -1.26. The topological polar surface area (TPSA) is 66.8 Å². The van der Waals surface area contributed by atoms with Crippen molar-refractivity contribution in [3.8, 4) is 0 Å². The number of amides is 1. The highest BCUT2D eigenvalue weighted by Gasteiger charge is 2.49. The van der Waals surface area contributed by atoms with Crippen molar-refractivity contribution >= 4 is 12.1 Å². The summed E-state index contributed by atoms with van der Waals surface area (Å²) in [6, 6.07) is 0. The molecule has 0 saturated carbocycles. The molecule has 0 aliphatic carbocycles. The number of carbonyl (C=O) groups excluding carboxylic acids is 1. The van der Waals surface area contributed by atoms with Crippen LogP contribution in [0.1, 0.15) is 34.1 Å². The fourth-order valence-electron chi connectivity index (χ4n) is 1.66. The molecular formula is C11H19NO4. The Morgan fingerprint density at radius 3 is 2.38 bits per heavy atom. The molecule has 0 aromatic rings. The first-order valence-corrected chi connectivity index (χ1v) is 5.39. The lowest BCUT2D eigenvalue weighted by atomic mass is 9.73. The molecule has 0 aromatic heterocycles. The van der Waals surface area contributed by atoms with Gasteiger partial charge in [0.1, 0.15) is 0 Å². The second kappa shape index (κ2) is 3.96. The summed E-state index contributed by atoms with van der Waals surface area (Å²) in [5.41, 5.74) is -1.81. The van der Waals surface area contributed by atoms with Gasteiger partial charge in [-0.15, -0.1) is 0 Å². The molecule has 1 rings (SSSR count). The Kier molecular flexibility index (Phi) is 3.17. The molecule has 0 unspecified atom stereocenters. The average molecular weight is 229 g/mol. The zero-order chi connectivity index (χ0) is 12.6. The molecule has 1 amide bonds. The minimum absolute atomic E-state index is 0.416. The van der Waals surface area contributed by atoms with Gasteiger partial charge in [0.05, 0.1) is 17.6 Å². The number of hydrogen-bond acceptors (Lipinski definition) is 3. The zero-order valence-corrected chi connectivity index (χ0v) is 10.2. The molecule has 92 valence electrons. The van der Waals surface area contributed by atoms with Crippen molar-refractivity contribution in [1.29, 1.82) is 0 Å². The smallest absolute Gasteiger partial charge is 0.410 e. The molecule has 5 nitrogen and oxygen atoms in total.